The molecule has 0 fully saturated rings. The number of hydrogen-bond donors (Lipinski definition) is 0. The van der Waals surface area contributed by atoms with E-state index in [-0.39, 0.29) is 6.04 Å². The number of fused-ring (bicyclic) bond motifs is 1. The Morgan fingerprint density at radius 1 is 1.05 bits per heavy atom. The first kappa shape index (κ1) is 14.0. The van der Waals surface area contributed by atoms with E-state index in [1.165, 1.54) is 25.5 Å². The van der Waals surface area contributed by atoms with Crippen LogP contribution >= 0.6 is 27.3 Å². The molecular formula is C18H15BrN2S. The van der Waals surface area contributed by atoms with Gasteiger partial charge in [-0.2, -0.15) is 0 Å². The lowest BCUT2D eigenvalue weighted by atomic mass is 9.89. The van der Waals surface area contributed by atoms with Crippen molar-refractivity contribution in [3.63, 3.8) is 0 Å². The standard InChI is InChI=1S/C18H15BrN2S/c19-16-5-6-17(22-16)21-12-9-13-3-1-2-4-15(13)18(21)14-7-10-20-11-8-14/h1-8,10-11,18H,9,12H2. The van der Waals surface area contributed by atoms with Crippen LogP contribution in [0.1, 0.15) is 22.7 Å². The van der Waals surface area contributed by atoms with Crippen LogP contribution in [0.2, 0.25) is 0 Å². The van der Waals surface area contributed by atoms with Crippen LogP contribution in [-0.2, 0) is 6.42 Å². The van der Waals surface area contributed by atoms with Gasteiger partial charge in [-0.15, -0.1) is 11.3 Å². The molecular weight excluding hydrogens is 356 g/mol. The Kier molecular flexibility index (Phi) is 3.72. The maximum atomic E-state index is 4.17. The second-order valence-corrected chi connectivity index (χ2v) is 7.84. The predicted molar refractivity (Wildman–Crippen MR) is 95.6 cm³/mol. The van der Waals surface area contributed by atoms with Crippen LogP contribution in [0, 0.1) is 0 Å². The van der Waals surface area contributed by atoms with Crippen molar-refractivity contribution < 1.29 is 0 Å². The highest BCUT2D eigenvalue weighted by Gasteiger charge is 2.29. The molecule has 110 valence electrons. The van der Waals surface area contributed by atoms with Gasteiger partial charge in [0.15, 0.2) is 0 Å². The van der Waals surface area contributed by atoms with Gasteiger partial charge in [0.25, 0.3) is 0 Å². The van der Waals surface area contributed by atoms with Crippen molar-refractivity contribution in [1.29, 1.82) is 0 Å². The fourth-order valence-corrected chi connectivity index (χ4v) is 4.58. The summed E-state index contributed by atoms with van der Waals surface area (Å²) in [7, 11) is 0. The van der Waals surface area contributed by atoms with E-state index >= 15 is 0 Å². The Balaban J connectivity index is 1.85. The summed E-state index contributed by atoms with van der Waals surface area (Å²) in [5.41, 5.74) is 4.16. The first-order valence-electron chi connectivity index (χ1n) is 7.32. The number of halogens is 1. The van der Waals surface area contributed by atoms with E-state index in [9.17, 15) is 0 Å². The zero-order valence-corrected chi connectivity index (χ0v) is 14.3. The molecule has 1 unspecified atom stereocenters. The Bertz CT molecular complexity index is 785. The molecule has 2 nitrogen and oxygen atoms in total. The summed E-state index contributed by atoms with van der Waals surface area (Å²) in [6.45, 7) is 1.04. The quantitative estimate of drug-likeness (QED) is 0.626. The molecule has 2 aromatic heterocycles. The van der Waals surface area contributed by atoms with Crippen molar-refractivity contribution in [3.8, 4) is 0 Å². The van der Waals surface area contributed by atoms with Gasteiger partial charge in [0, 0.05) is 18.9 Å². The molecule has 0 radical (unpaired) electrons. The van der Waals surface area contributed by atoms with E-state index in [4.69, 9.17) is 0 Å². The van der Waals surface area contributed by atoms with E-state index < -0.39 is 0 Å². The Labute approximate surface area is 142 Å². The molecule has 0 saturated heterocycles. The third kappa shape index (κ3) is 2.46. The zero-order valence-electron chi connectivity index (χ0n) is 11.9. The number of hydrogen-bond acceptors (Lipinski definition) is 3. The highest BCUT2D eigenvalue weighted by Crippen LogP contribution is 2.41. The van der Waals surface area contributed by atoms with Gasteiger partial charge in [-0.05, 0) is 63.3 Å². The summed E-state index contributed by atoms with van der Waals surface area (Å²) in [4.78, 5) is 6.68. The van der Waals surface area contributed by atoms with Gasteiger partial charge < -0.3 is 4.90 Å². The third-order valence-electron chi connectivity index (χ3n) is 4.15. The van der Waals surface area contributed by atoms with E-state index in [1.54, 1.807) is 11.3 Å². The maximum absolute atomic E-state index is 4.17. The molecule has 0 N–H and O–H groups in total. The lowest BCUT2D eigenvalue weighted by Gasteiger charge is -2.38. The summed E-state index contributed by atoms with van der Waals surface area (Å²) >= 11 is 5.38. The van der Waals surface area contributed by atoms with Crippen LogP contribution in [-0.4, -0.2) is 11.5 Å². The molecule has 0 aliphatic carbocycles. The normalized spacial score (nSPS) is 17.3. The highest BCUT2D eigenvalue weighted by molar-refractivity contribution is 9.11. The fourth-order valence-electron chi connectivity index (χ4n) is 3.17. The number of anilines is 1. The van der Waals surface area contributed by atoms with Crippen LogP contribution < -0.4 is 4.90 Å². The van der Waals surface area contributed by atoms with Crippen molar-refractivity contribution in [2.45, 2.75) is 12.5 Å². The molecule has 1 aromatic carbocycles. The average molecular weight is 371 g/mol. The van der Waals surface area contributed by atoms with Gasteiger partial charge >= 0.3 is 0 Å². The third-order valence-corrected chi connectivity index (χ3v) is 5.81. The minimum Gasteiger partial charge on any atom is -0.352 e. The molecule has 1 aliphatic rings. The van der Waals surface area contributed by atoms with Crippen LogP contribution in [0.15, 0.2) is 64.7 Å². The zero-order chi connectivity index (χ0) is 14.9. The number of pyridine rings is 1. The lowest BCUT2D eigenvalue weighted by Crippen LogP contribution is -2.35. The Morgan fingerprint density at radius 2 is 1.86 bits per heavy atom. The van der Waals surface area contributed by atoms with Crippen molar-refractivity contribution in [1.82, 2.24) is 4.98 Å². The summed E-state index contributed by atoms with van der Waals surface area (Å²) in [5, 5.41) is 1.31. The monoisotopic (exact) mass is 370 g/mol. The molecule has 3 aromatic rings. The number of thiophene rings is 1. The van der Waals surface area contributed by atoms with Crippen LogP contribution in [0.4, 0.5) is 5.00 Å². The first-order valence-corrected chi connectivity index (χ1v) is 8.93. The van der Waals surface area contributed by atoms with E-state index in [0.29, 0.717) is 0 Å². The van der Waals surface area contributed by atoms with Crippen molar-refractivity contribution in [2.24, 2.45) is 0 Å². The molecule has 0 spiro atoms. The van der Waals surface area contributed by atoms with Gasteiger partial charge in [0.1, 0.15) is 0 Å². The van der Waals surface area contributed by atoms with Gasteiger partial charge in [-0.3, -0.25) is 4.98 Å². The molecule has 1 atom stereocenters. The number of nitrogens with zero attached hydrogens (tertiary/aromatic N) is 2. The molecule has 22 heavy (non-hydrogen) atoms. The minimum atomic E-state index is 0.262. The highest BCUT2D eigenvalue weighted by atomic mass is 79.9. The molecule has 0 amide bonds. The predicted octanol–water partition coefficient (Wildman–Crippen LogP) is 5.06. The van der Waals surface area contributed by atoms with Crippen molar-refractivity contribution in [2.75, 3.05) is 11.4 Å². The average Bonchev–Trinajstić information content (AvgIpc) is 3.01. The molecule has 0 saturated carbocycles. The topological polar surface area (TPSA) is 16.1 Å². The second kappa shape index (κ2) is 5.86. The summed E-state index contributed by atoms with van der Waals surface area (Å²) < 4.78 is 1.18. The summed E-state index contributed by atoms with van der Waals surface area (Å²) in [6, 6.07) is 17.6. The van der Waals surface area contributed by atoms with Gasteiger partial charge in [0.05, 0.1) is 14.8 Å². The molecule has 3 heterocycles. The van der Waals surface area contributed by atoms with Crippen LogP contribution in [0.25, 0.3) is 0 Å². The lowest BCUT2D eigenvalue weighted by molar-refractivity contribution is 0.657. The molecule has 4 heteroatoms. The van der Waals surface area contributed by atoms with Crippen LogP contribution in [0.3, 0.4) is 0 Å². The minimum absolute atomic E-state index is 0.262. The largest absolute Gasteiger partial charge is 0.352 e. The van der Waals surface area contributed by atoms with E-state index in [1.807, 2.05) is 12.4 Å². The summed E-state index contributed by atoms with van der Waals surface area (Å²) in [6.07, 6.45) is 4.86. The summed E-state index contributed by atoms with van der Waals surface area (Å²) in [5.74, 6) is 0. The molecule has 0 bridgehead atoms. The van der Waals surface area contributed by atoms with Gasteiger partial charge in [-0.25, -0.2) is 0 Å². The van der Waals surface area contributed by atoms with Crippen molar-refractivity contribution in [3.05, 3.63) is 81.4 Å². The van der Waals surface area contributed by atoms with E-state index in [2.05, 4.69) is 74.3 Å². The Morgan fingerprint density at radius 3 is 2.64 bits per heavy atom. The molecule has 4 rings (SSSR count). The Hall–Kier alpha value is -1.65. The van der Waals surface area contributed by atoms with Gasteiger partial charge in [-0.1, -0.05) is 24.3 Å². The van der Waals surface area contributed by atoms with Crippen molar-refractivity contribution >= 4 is 32.3 Å². The SMILES string of the molecule is Brc1ccc(N2CCc3ccccc3C2c2ccncc2)s1. The van der Waals surface area contributed by atoms with Crippen LogP contribution in [0.5, 0.6) is 0 Å². The molecule has 1 aliphatic heterocycles. The van der Waals surface area contributed by atoms with Gasteiger partial charge in [0.2, 0.25) is 0 Å². The second-order valence-electron chi connectivity index (χ2n) is 5.40. The smallest absolute Gasteiger partial charge is 0.0928 e. The number of aromatic nitrogens is 1. The number of benzene rings is 1. The maximum Gasteiger partial charge on any atom is 0.0928 e. The van der Waals surface area contributed by atoms with E-state index in [0.717, 1.165) is 13.0 Å². The number of rotatable bonds is 2. The fraction of sp³-hybridized carbons (Fsp3) is 0.167. The first-order chi connectivity index (χ1) is 10.8.